The van der Waals surface area contributed by atoms with Crippen LogP contribution < -0.4 is 29.6 Å². The Hall–Kier alpha value is 0.380. The number of hydrogen-bond donors (Lipinski definition) is 0. The third-order valence-corrected chi connectivity index (χ3v) is 5.07. The summed E-state index contributed by atoms with van der Waals surface area (Å²) < 4.78 is 26.4. The smallest absolute Gasteiger partial charge is 0.652 e. The fraction of sp³-hybridized carbons (Fsp3) is 0.941. The predicted molar refractivity (Wildman–Crippen MR) is 95.1 cm³/mol. The van der Waals surface area contributed by atoms with Crippen molar-refractivity contribution in [1.82, 2.24) is 0 Å². The Labute approximate surface area is 171 Å². The second-order valence-electron chi connectivity index (χ2n) is 5.99. The molecule has 0 saturated carbocycles. The fourth-order valence-corrected chi connectivity index (χ4v) is 2.87. The normalized spacial score (nSPS) is 11.1. The summed E-state index contributed by atoms with van der Waals surface area (Å²) in [5.41, 5.74) is 0. The summed E-state index contributed by atoms with van der Waals surface area (Å²) in [4.78, 5) is 11.5. The topological polar surface area (TPSA) is 74.5 Å². The first-order valence-electron chi connectivity index (χ1n) is 9.00. The maximum absolute atomic E-state index is 11.5. The van der Waals surface area contributed by atoms with E-state index in [-0.39, 0.29) is 47.8 Å². The summed E-state index contributed by atoms with van der Waals surface area (Å²) >= 11 is 0. The Morgan fingerprint density at radius 3 is 1.79 bits per heavy atom. The molecular weight excluding hydrogens is 337 g/mol. The van der Waals surface area contributed by atoms with E-state index in [2.05, 4.69) is 16.4 Å². The molecule has 0 bridgehead atoms. The molecule has 0 unspecified atom stereocenters. The average molecular weight is 372 g/mol. The summed E-state index contributed by atoms with van der Waals surface area (Å²) in [7, 11) is -2.39. The zero-order chi connectivity index (χ0) is 17.4. The van der Waals surface area contributed by atoms with Gasteiger partial charge < -0.3 is 10.1 Å². The second-order valence-corrected chi connectivity index (χ2v) is 7.85. The van der Waals surface area contributed by atoms with Crippen LogP contribution in [0.5, 0.6) is 0 Å². The molecule has 138 valence electrons. The zero-order valence-electron chi connectivity index (χ0n) is 15.9. The molecule has 0 aromatic rings. The maximum atomic E-state index is 11.5. The van der Waals surface area contributed by atoms with Gasteiger partial charge in [0.1, 0.15) is 0 Å². The minimum Gasteiger partial charge on any atom is -0.652 e. The molecule has 0 spiro atoms. The van der Waals surface area contributed by atoms with Crippen LogP contribution in [0.3, 0.4) is 0 Å². The van der Waals surface area contributed by atoms with Gasteiger partial charge >= 0.3 is 29.6 Å². The molecule has 0 atom stereocenters. The van der Waals surface area contributed by atoms with Gasteiger partial charge in [-0.05, 0) is 12.8 Å². The molecule has 5 nitrogen and oxygen atoms in total. The van der Waals surface area contributed by atoms with Gasteiger partial charge in [0.2, 0.25) is 0 Å². The SMILES string of the molecule is CCCCCCCCCCCCCC(=O)[N-]CCS(=O)(=O)OC.[Na+]. The standard InChI is InChI=1S/C17H35NO4S.Na/c1-3-4-5-6-7-8-9-10-11-12-13-14-17(19)18-15-16-23(20,21)22-2;/h3-16H2,1-2H3,(H,18,19);/q;+1/p-1. The second kappa shape index (κ2) is 18.2. The molecule has 24 heavy (non-hydrogen) atoms. The maximum Gasteiger partial charge on any atom is 1.00 e. The van der Waals surface area contributed by atoms with Gasteiger partial charge in [-0.1, -0.05) is 71.1 Å². The Bertz CT molecular complexity index is 388. The molecule has 0 radical (unpaired) electrons. The van der Waals surface area contributed by atoms with Gasteiger partial charge in [0.05, 0.1) is 18.8 Å². The Balaban J connectivity index is 0. The van der Waals surface area contributed by atoms with Crippen LogP contribution in [-0.2, 0) is 19.1 Å². The van der Waals surface area contributed by atoms with Crippen molar-refractivity contribution in [3.05, 3.63) is 5.32 Å². The molecule has 0 rings (SSSR count). The summed E-state index contributed by atoms with van der Waals surface area (Å²) in [5.74, 6) is -0.430. The van der Waals surface area contributed by atoms with Crippen molar-refractivity contribution in [1.29, 1.82) is 0 Å². The van der Waals surface area contributed by atoms with Crippen molar-refractivity contribution in [3.63, 3.8) is 0 Å². The molecular formula is C17H34NNaO4S. The van der Waals surface area contributed by atoms with Crippen molar-refractivity contribution in [2.24, 2.45) is 0 Å². The number of unbranched alkanes of at least 4 members (excludes halogenated alkanes) is 10. The first-order chi connectivity index (χ1) is 11.0. The summed E-state index contributed by atoms with van der Waals surface area (Å²) in [6, 6.07) is 0. The van der Waals surface area contributed by atoms with Crippen LogP contribution in [-0.4, -0.2) is 33.7 Å². The molecule has 0 aliphatic carbocycles. The van der Waals surface area contributed by atoms with E-state index in [9.17, 15) is 13.2 Å². The Morgan fingerprint density at radius 2 is 1.33 bits per heavy atom. The minimum atomic E-state index is -3.51. The van der Waals surface area contributed by atoms with E-state index in [0.717, 1.165) is 20.0 Å². The molecule has 0 aliphatic rings. The van der Waals surface area contributed by atoms with Gasteiger partial charge in [-0.15, -0.1) is 6.54 Å². The molecule has 0 heterocycles. The summed E-state index contributed by atoms with van der Waals surface area (Å²) in [6.45, 7) is 2.23. The van der Waals surface area contributed by atoms with E-state index in [1.165, 1.54) is 57.8 Å². The van der Waals surface area contributed by atoms with E-state index in [1.807, 2.05) is 0 Å². The van der Waals surface area contributed by atoms with Crippen LogP contribution in [0.2, 0.25) is 0 Å². The van der Waals surface area contributed by atoms with Crippen molar-refractivity contribution < 1.29 is 47.0 Å². The molecule has 0 fully saturated rings. The van der Waals surface area contributed by atoms with Gasteiger partial charge in [0.25, 0.3) is 10.1 Å². The van der Waals surface area contributed by atoms with Crippen LogP contribution in [0.4, 0.5) is 0 Å². The van der Waals surface area contributed by atoms with E-state index in [1.54, 1.807) is 0 Å². The van der Waals surface area contributed by atoms with Gasteiger partial charge in [-0.25, -0.2) is 0 Å². The Kier molecular flexibility index (Phi) is 20.2. The van der Waals surface area contributed by atoms with Crippen molar-refractivity contribution in [2.45, 2.75) is 84.0 Å². The van der Waals surface area contributed by atoms with E-state index in [4.69, 9.17) is 0 Å². The van der Waals surface area contributed by atoms with E-state index >= 15 is 0 Å². The van der Waals surface area contributed by atoms with E-state index < -0.39 is 10.1 Å². The largest absolute Gasteiger partial charge is 1.00 e. The van der Waals surface area contributed by atoms with Gasteiger partial charge in [0.15, 0.2) is 0 Å². The van der Waals surface area contributed by atoms with Crippen LogP contribution in [0, 0.1) is 0 Å². The van der Waals surface area contributed by atoms with Crippen molar-refractivity contribution in [2.75, 3.05) is 19.4 Å². The fourth-order valence-electron chi connectivity index (χ4n) is 2.38. The number of nitrogens with zero attached hydrogens (tertiary/aromatic N) is 1. The first-order valence-corrected chi connectivity index (χ1v) is 10.6. The summed E-state index contributed by atoms with van der Waals surface area (Å²) in [5, 5.41) is 3.74. The molecule has 0 aliphatic heterocycles. The molecule has 0 N–H and O–H groups in total. The third-order valence-electron chi connectivity index (χ3n) is 3.88. The molecule has 7 heteroatoms. The quantitative estimate of drug-likeness (QED) is 0.234. The Morgan fingerprint density at radius 1 is 0.875 bits per heavy atom. The van der Waals surface area contributed by atoms with Crippen LogP contribution in [0.15, 0.2) is 0 Å². The molecule has 0 aromatic carbocycles. The minimum absolute atomic E-state index is 0. The zero-order valence-corrected chi connectivity index (χ0v) is 18.7. The summed E-state index contributed by atoms with van der Waals surface area (Å²) in [6.07, 6.45) is 14.1. The van der Waals surface area contributed by atoms with Gasteiger partial charge in [0, 0.05) is 0 Å². The van der Waals surface area contributed by atoms with Crippen LogP contribution in [0.1, 0.15) is 84.0 Å². The number of carbonyl (C=O) groups excluding carboxylic acids is 1. The number of rotatable bonds is 16. The van der Waals surface area contributed by atoms with Crippen molar-refractivity contribution >= 4 is 16.0 Å². The van der Waals surface area contributed by atoms with Gasteiger partial charge in [-0.3, -0.25) is 4.18 Å². The first kappa shape index (κ1) is 26.6. The number of hydrogen-bond acceptors (Lipinski definition) is 4. The molecule has 0 aromatic heterocycles. The van der Waals surface area contributed by atoms with E-state index in [0.29, 0.717) is 6.42 Å². The average Bonchev–Trinajstić information content (AvgIpc) is 2.52. The molecule has 1 amide bonds. The number of carbonyl (C=O) groups is 1. The molecule has 0 saturated heterocycles. The third kappa shape index (κ3) is 18.7. The predicted octanol–water partition coefficient (Wildman–Crippen LogP) is 1.57. The van der Waals surface area contributed by atoms with Crippen molar-refractivity contribution in [3.8, 4) is 0 Å². The van der Waals surface area contributed by atoms with Gasteiger partial charge in [-0.2, -0.15) is 8.42 Å². The number of amides is 1. The van der Waals surface area contributed by atoms with Crippen LogP contribution in [0.25, 0.3) is 5.32 Å². The van der Waals surface area contributed by atoms with Crippen LogP contribution >= 0.6 is 0 Å². The monoisotopic (exact) mass is 371 g/mol.